The maximum Gasteiger partial charge on any atom is 0.254 e. The first-order chi connectivity index (χ1) is 11.1. The van der Waals surface area contributed by atoms with Gasteiger partial charge in [0.1, 0.15) is 0 Å². The summed E-state index contributed by atoms with van der Waals surface area (Å²) in [6.45, 7) is 4.42. The van der Waals surface area contributed by atoms with Gasteiger partial charge in [-0.3, -0.25) is 14.5 Å². The predicted molar refractivity (Wildman–Crippen MR) is 89.0 cm³/mol. The number of amides is 2. The topological polar surface area (TPSA) is 66.6 Å². The lowest BCUT2D eigenvalue weighted by molar-refractivity contribution is -0.123. The molecule has 5 nitrogen and oxygen atoms in total. The fourth-order valence-corrected chi connectivity index (χ4v) is 3.92. The van der Waals surface area contributed by atoms with E-state index >= 15 is 0 Å². The molecule has 2 saturated heterocycles. The molecule has 2 aliphatic heterocycles. The zero-order chi connectivity index (χ0) is 16.4. The molecule has 5 heteroatoms. The summed E-state index contributed by atoms with van der Waals surface area (Å²) in [5, 5.41) is 0. The van der Waals surface area contributed by atoms with Gasteiger partial charge in [0.05, 0.1) is 6.04 Å². The molecule has 0 bridgehead atoms. The van der Waals surface area contributed by atoms with Gasteiger partial charge in [0.2, 0.25) is 5.91 Å². The van der Waals surface area contributed by atoms with E-state index in [0.717, 1.165) is 56.4 Å². The van der Waals surface area contributed by atoms with Crippen LogP contribution in [0.25, 0.3) is 0 Å². The number of carbonyl (C=O) groups excluding carboxylic acids is 2. The Labute approximate surface area is 137 Å². The first-order valence-corrected chi connectivity index (χ1v) is 8.48. The number of likely N-dealkylation sites (tertiary alicyclic amines) is 2. The van der Waals surface area contributed by atoms with Crippen LogP contribution < -0.4 is 5.73 Å². The molecule has 2 fully saturated rings. The molecule has 0 aromatic heterocycles. The van der Waals surface area contributed by atoms with E-state index in [1.54, 1.807) is 0 Å². The van der Waals surface area contributed by atoms with Gasteiger partial charge in [-0.25, -0.2) is 0 Å². The highest BCUT2D eigenvalue weighted by atomic mass is 16.2. The van der Waals surface area contributed by atoms with Gasteiger partial charge in [-0.15, -0.1) is 0 Å². The van der Waals surface area contributed by atoms with Crippen molar-refractivity contribution < 1.29 is 9.59 Å². The summed E-state index contributed by atoms with van der Waals surface area (Å²) in [7, 11) is 0. The van der Waals surface area contributed by atoms with Gasteiger partial charge >= 0.3 is 0 Å². The largest absolute Gasteiger partial charge is 0.368 e. The van der Waals surface area contributed by atoms with E-state index in [1.807, 2.05) is 36.1 Å². The lowest BCUT2D eigenvalue weighted by Crippen LogP contribution is -2.51. The molecule has 1 unspecified atom stereocenters. The van der Waals surface area contributed by atoms with Gasteiger partial charge < -0.3 is 10.6 Å². The summed E-state index contributed by atoms with van der Waals surface area (Å²) in [6, 6.07) is 7.99. The van der Waals surface area contributed by atoms with Crippen molar-refractivity contribution in [1.82, 2.24) is 9.80 Å². The number of nitrogens with zero attached hydrogens (tertiary/aromatic N) is 2. The molecule has 2 N–H and O–H groups in total. The Morgan fingerprint density at radius 1 is 1.09 bits per heavy atom. The minimum Gasteiger partial charge on any atom is -0.368 e. The first-order valence-electron chi connectivity index (χ1n) is 8.48. The molecule has 1 aromatic rings. The summed E-state index contributed by atoms with van der Waals surface area (Å²) in [6.07, 6.45) is 3.75. The van der Waals surface area contributed by atoms with E-state index in [2.05, 4.69) is 4.90 Å². The number of nitrogens with two attached hydrogens (primary N) is 1. The minimum absolute atomic E-state index is 0.112. The highest BCUT2D eigenvalue weighted by Crippen LogP contribution is 2.26. The molecule has 0 spiro atoms. The second-order valence-corrected chi connectivity index (χ2v) is 6.64. The third-order valence-corrected chi connectivity index (χ3v) is 5.22. The number of aryl methyl sites for hydroxylation is 1. The average molecular weight is 315 g/mol. The molecule has 23 heavy (non-hydrogen) atoms. The molecule has 2 amide bonds. The number of carbonyl (C=O) groups is 2. The number of benzene rings is 1. The zero-order valence-corrected chi connectivity index (χ0v) is 13.7. The van der Waals surface area contributed by atoms with Crippen molar-refractivity contribution in [2.24, 2.45) is 5.73 Å². The molecule has 2 aliphatic rings. The van der Waals surface area contributed by atoms with Gasteiger partial charge in [-0.05, 0) is 50.8 Å². The number of primary amides is 1. The fourth-order valence-electron chi connectivity index (χ4n) is 3.92. The average Bonchev–Trinajstić information content (AvgIpc) is 3.05. The van der Waals surface area contributed by atoms with Crippen molar-refractivity contribution in [1.29, 1.82) is 0 Å². The van der Waals surface area contributed by atoms with Crippen LogP contribution in [0.5, 0.6) is 0 Å². The second kappa shape index (κ2) is 6.71. The van der Waals surface area contributed by atoms with Crippen molar-refractivity contribution in [3.8, 4) is 0 Å². The Hall–Kier alpha value is -1.88. The van der Waals surface area contributed by atoms with E-state index in [9.17, 15) is 9.59 Å². The number of rotatable bonds is 3. The normalized spacial score (nSPS) is 23.2. The van der Waals surface area contributed by atoms with Crippen LogP contribution in [0, 0.1) is 6.92 Å². The summed E-state index contributed by atoms with van der Waals surface area (Å²) >= 11 is 0. The van der Waals surface area contributed by atoms with Crippen LogP contribution in [0.4, 0.5) is 0 Å². The number of piperidine rings is 1. The highest BCUT2D eigenvalue weighted by molar-refractivity contribution is 5.95. The van der Waals surface area contributed by atoms with Crippen molar-refractivity contribution in [2.75, 3.05) is 19.6 Å². The number of hydrogen-bond acceptors (Lipinski definition) is 3. The van der Waals surface area contributed by atoms with E-state index in [4.69, 9.17) is 5.73 Å². The standard InChI is InChI=1S/C18H25N3O2/c1-13-5-2-3-6-15(13)18(23)20-11-8-14(9-12-20)21-10-4-7-16(21)17(19)22/h2-3,5-6,14,16H,4,7-12H2,1H3,(H2,19,22). The predicted octanol–water partition coefficient (Wildman–Crippen LogP) is 1.55. The summed E-state index contributed by atoms with van der Waals surface area (Å²) < 4.78 is 0. The Kier molecular flexibility index (Phi) is 4.66. The van der Waals surface area contributed by atoms with Gasteiger partial charge in [0, 0.05) is 24.7 Å². The summed E-state index contributed by atoms with van der Waals surface area (Å²) in [5.41, 5.74) is 7.33. The van der Waals surface area contributed by atoms with Crippen molar-refractivity contribution >= 4 is 11.8 Å². The molecular formula is C18H25N3O2. The summed E-state index contributed by atoms with van der Waals surface area (Å²) in [5.74, 6) is -0.0876. The van der Waals surface area contributed by atoms with Gasteiger partial charge in [-0.2, -0.15) is 0 Å². The molecule has 3 rings (SSSR count). The van der Waals surface area contributed by atoms with E-state index in [-0.39, 0.29) is 17.9 Å². The minimum atomic E-state index is -0.207. The smallest absolute Gasteiger partial charge is 0.254 e. The van der Waals surface area contributed by atoms with Gasteiger partial charge in [0.15, 0.2) is 0 Å². The molecule has 0 saturated carbocycles. The monoisotopic (exact) mass is 315 g/mol. The van der Waals surface area contributed by atoms with E-state index in [1.165, 1.54) is 0 Å². The lowest BCUT2D eigenvalue weighted by Gasteiger charge is -2.38. The Balaban J connectivity index is 1.61. The molecule has 1 aromatic carbocycles. The number of hydrogen-bond donors (Lipinski definition) is 1. The molecule has 124 valence electrons. The second-order valence-electron chi connectivity index (χ2n) is 6.64. The molecule has 1 atom stereocenters. The molecule has 0 radical (unpaired) electrons. The van der Waals surface area contributed by atoms with Crippen LogP contribution in [0.2, 0.25) is 0 Å². The van der Waals surface area contributed by atoms with Crippen LogP contribution >= 0.6 is 0 Å². The maximum absolute atomic E-state index is 12.7. The Morgan fingerprint density at radius 3 is 2.43 bits per heavy atom. The SMILES string of the molecule is Cc1ccccc1C(=O)N1CCC(N2CCCC2C(N)=O)CC1. The first kappa shape index (κ1) is 16.0. The Bertz CT molecular complexity index is 594. The van der Waals surface area contributed by atoms with Crippen LogP contribution in [0.15, 0.2) is 24.3 Å². The van der Waals surface area contributed by atoms with Crippen LogP contribution in [-0.4, -0.2) is 53.3 Å². The van der Waals surface area contributed by atoms with Crippen LogP contribution in [-0.2, 0) is 4.79 Å². The molecular weight excluding hydrogens is 290 g/mol. The fraction of sp³-hybridized carbons (Fsp3) is 0.556. The van der Waals surface area contributed by atoms with E-state index in [0.29, 0.717) is 6.04 Å². The summed E-state index contributed by atoms with van der Waals surface area (Å²) in [4.78, 5) is 28.4. The Morgan fingerprint density at radius 2 is 1.78 bits per heavy atom. The zero-order valence-electron chi connectivity index (χ0n) is 13.7. The molecule has 0 aliphatic carbocycles. The quantitative estimate of drug-likeness (QED) is 0.920. The van der Waals surface area contributed by atoms with Crippen molar-refractivity contribution in [3.63, 3.8) is 0 Å². The van der Waals surface area contributed by atoms with Gasteiger partial charge in [0.25, 0.3) is 5.91 Å². The third kappa shape index (κ3) is 3.24. The van der Waals surface area contributed by atoms with Crippen LogP contribution in [0.1, 0.15) is 41.6 Å². The maximum atomic E-state index is 12.7. The van der Waals surface area contributed by atoms with Crippen LogP contribution in [0.3, 0.4) is 0 Å². The lowest BCUT2D eigenvalue weighted by atomic mass is 10.00. The van der Waals surface area contributed by atoms with Crippen molar-refractivity contribution in [2.45, 2.75) is 44.7 Å². The third-order valence-electron chi connectivity index (χ3n) is 5.22. The van der Waals surface area contributed by atoms with Crippen molar-refractivity contribution in [3.05, 3.63) is 35.4 Å². The van der Waals surface area contributed by atoms with Gasteiger partial charge in [-0.1, -0.05) is 18.2 Å². The van der Waals surface area contributed by atoms with E-state index < -0.39 is 0 Å². The molecule has 2 heterocycles. The highest BCUT2D eigenvalue weighted by Gasteiger charge is 2.36.